The molecule has 0 aromatic rings. The molecule has 1 heterocycles. The van der Waals surface area contributed by atoms with E-state index in [1.54, 1.807) is 11.9 Å². The lowest BCUT2D eigenvalue weighted by Crippen LogP contribution is -2.27. The monoisotopic (exact) mass is 206 g/mol. The summed E-state index contributed by atoms with van der Waals surface area (Å²) in [6, 6.07) is 0.634. The van der Waals surface area contributed by atoms with Crippen LogP contribution in [0, 0.1) is 0 Å². The maximum absolute atomic E-state index is 12.0. The summed E-state index contributed by atoms with van der Waals surface area (Å²) in [4.78, 5) is 1.71. The Balaban J connectivity index is 1.96. The molecule has 0 bridgehead atoms. The molecule has 4 heteroatoms. The van der Waals surface area contributed by atoms with Gasteiger partial charge >= 0.3 is 0 Å². The molecule has 1 atom stereocenters. The van der Waals surface area contributed by atoms with Gasteiger partial charge in [0.1, 0.15) is 0 Å². The molecule has 1 saturated heterocycles. The lowest BCUT2D eigenvalue weighted by molar-refractivity contribution is 0.0993. The van der Waals surface area contributed by atoms with Crippen LogP contribution in [0.1, 0.15) is 25.7 Å². The summed E-state index contributed by atoms with van der Waals surface area (Å²) >= 11 is 0. The summed E-state index contributed by atoms with van der Waals surface area (Å²) in [5.74, 6) is 0. The molecular formula is C10H20F2N2. The van der Waals surface area contributed by atoms with Gasteiger partial charge in [-0.15, -0.1) is 0 Å². The summed E-state index contributed by atoms with van der Waals surface area (Å²) in [5.41, 5.74) is 0. The zero-order valence-corrected chi connectivity index (χ0v) is 8.81. The van der Waals surface area contributed by atoms with Crippen LogP contribution in [0.2, 0.25) is 0 Å². The van der Waals surface area contributed by atoms with E-state index in [-0.39, 0.29) is 6.54 Å². The Labute approximate surface area is 84.7 Å². The highest BCUT2D eigenvalue weighted by molar-refractivity contribution is 4.74. The van der Waals surface area contributed by atoms with E-state index in [1.165, 1.54) is 12.8 Å². The fraction of sp³-hybridized carbons (Fsp3) is 1.00. The highest BCUT2D eigenvalue weighted by atomic mass is 19.3. The third-order valence-corrected chi connectivity index (χ3v) is 2.70. The van der Waals surface area contributed by atoms with Crippen molar-refractivity contribution in [3.8, 4) is 0 Å². The van der Waals surface area contributed by atoms with Gasteiger partial charge in [-0.1, -0.05) is 0 Å². The van der Waals surface area contributed by atoms with Crippen molar-refractivity contribution in [3.05, 3.63) is 0 Å². The van der Waals surface area contributed by atoms with Gasteiger partial charge in [-0.3, -0.25) is 0 Å². The molecular weight excluding hydrogens is 186 g/mol. The molecule has 0 amide bonds. The van der Waals surface area contributed by atoms with Crippen molar-refractivity contribution < 1.29 is 8.78 Å². The second kappa shape index (κ2) is 6.30. The summed E-state index contributed by atoms with van der Waals surface area (Å²) in [6.45, 7) is 1.80. The van der Waals surface area contributed by atoms with Crippen molar-refractivity contribution in [2.24, 2.45) is 0 Å². The van der Waals surface area contributed by atoms with E-state index < -0.39 is 6.43 Å². The normalized spacial score (nSPS) is 22.5. The Morgan fingerprint density at radius 3 is 2.86 bits per heavy atom. The van der Waals surface area contributed by atoms with E-state index in [9.17, 15) is 8.78 Å². The molecule has 84 valence electrons. The molecule has 1 aliphatic rings. The van der Waals surface area contributed by atoms with Crippen molar-refractivity contribution in [2.45, 2.75) is 38.2 Å². The van der Waals surface area contributed by atoms with E-state index in [0.717, 1.165) is 25.9 Å². The third kappa shape index (κ3) is 4.86. The molecule has 1 N–H and O–H groups in total. The summed E-state index contributed by atoms with van der Waals surface area (Å²) < 4.78 is 23.9. The summed E-state index contributed by atoms with van der Waals surface area (Å²) in [5, 5.41) is 3.40. The SMILES string of the molecule is CN(CCCC1CCCN1)CC(F)F. The highest BCUT2D eigenvalue weighted by Gasteiger charge is 2.14. The zero-order valence-electron chi connectivity index (χ0n) is 8.81. The maximum atomic E-state index is 12.0. The molecule has 0 aliphatic carbocycles. The van der Waals surface area contributed by atoms with Gasteiger partial charge < -0.3 is 10.2 Å². The number of nitrogens with zero attached hydrogens (tertiary/aromatic N) is 1. The van der Waals surface area contributed by atoms with E-state index in [4.69, 9.17) is 0 Å². The molecule has 1 rings (SSSR count). The first kappa shape index (κ1) is 11.9. The van der Waals surface area contributed by atoms with Gasteiger partial charge in [0.2, 0.25) is 0 Å². The quantitative estimate of drug-likeness (QED) is 0.712. The standard InChI is InChI=1S/C10H20F2N2/c1-14(8-10(11)12)7-3-5-9-4-2-6-13-9/h9-10,13H,2-8H2,1H3. The molecule has 1 aliphatic heterocycles. The molecule has 0 spiro atoms. The Morgan fingerprint density at radius 2 is 2.29 bits per heavy atom. The highest BCUT2D eigenvalue weighted by Crippen LogP contribution is 2.10. The van der Waals surface area contributed by atoms with Gasteiger partial charge in [-0.25, -0.2) is 8.78 Å². The topological polar surface area (TPSA) is 15.3 Å². The molecule has 14 heavy (non-hydrogen) atoms. The van der Waals surface area contributed by atoms with Gasteiger partial charge in [0.25, 0.3) is 6.43 Å². The van der Waals surface area contributed by atoms with E-state index in [2.05, 4.69) is 5.32 Å². The predicted molar refractivity (Wildman–Crippen MR) is 53.8 cm³/mol. The van der Waals surface area contributed by atoms with E-state index in [0.29, 0.717) is 6.04 Å². The van der Waals surface area contributed by atoms with Crippen molar-refractivity contribution >= 4 is 0 Å². The van der Waals surface area contributed by atoms with Crippen molar-refractivity contribution in [1.82, 2.24) is 10.2 Å². The number of hydrogen-bond acceptors (Lipinski definition) is 2. The van der Waals surface area contributed by atoms with Crippen LogP contribution in [0.15, 0.2) is 0 Å². The lowest BCUT2D eigenvalue weighted by atomic mass is 10.1. The van der Waals surface area contributed by atoms with Gasteiger partial charge in [0.15, 0.2) is 0 Å². The predicted octanol–water partition coefficient (Wildman–Crippen LogP) is 1.72. The summed E-state index contributed by atoms with van der Waals surface area (Å²) in [7, 11) is 1.76. The van der Waals surface area contributed by atoms with Crippen LogP contribution in [0.25, 0.3) is 0 Å². The molecule has 1 fully saturated rings. The molecule has 0 aromatic carbocycles. The first-order valence-electron chi connectivity index (χ1n) is 5.38. The first-order valence-corrected chi connectivity index (χ1v) is 5.38. The van der Waals surface area contributed by atoms with Crippen LogP contribution in [0.4, 0.5) is 8.78 Å². The van der Waals surface area contributed by atoms with E-state index >= 15 is 0 Å². The van der Waals surface area contributed by atoms with Crippen LogP contribution in [-0.4, -0.2) is 44.0 Å². The molecule has 0 radical (unpaired) electrons. The van der Waals surface area contributed by atoms with Crippen LogP contribution in [0.5, 0.6) is 0 Å². The van der Waals surface area contributed by atoms with E-state index in [1.807, 2.05) is 0 Å². The number of hydrogen-bond donors (Lipinski definition) is 1. The lowest BCUT2D eigenvalue weighted by Gasteiger charge is -2.17. The van der Waals surface area contributed by atoms with Gasteiger partial charge in [0, 0.05) is 6.04 Å². The minimum Gasteiger partial charge on any atom is -0.314 e. The van der Waals surface area contributed by atoms with Crippen molar-refractivity contribution in [3.63, 3.8) is 0 Å². The fourth-order valence-electron chi connectivity index (χ4n) is 1.94. The average Bonchev–Trinajstić information content (AvgIpc) is 2.55. The molecule has 2 nitrogen and oxygen atoms in total. The second-order valence-electron chi connectivity index (χ2n) is 4.09. The molecule has 1 unspecified atom stereocenters. The third-order valence-electron chi connectivity index (χ3n) is 2.70. The van der Waals surface area contributed by atoms with Crippen LogP contribution in [-0.2, 0) is 0 Å². The Kier molecular flexibility index (Phi) is 5.33. The fourth-order valence-corrected chi connectivity index (χ4v) is 1.94. The van der Waals surface area contributed by atoms with Gasteiger partial charge in [-0.05, 0) is 45.8 Å². The van der Waals surface area contributed by atoms with Crippen molar-refractivity contribution in [2.75, 3.05) is 26.7 Å². The van der Waals surface area contributed by atoms with Crippen molar-refractivity contribution in [1.29, 1.82) is 0 Å². The number of nitrogens with one attached hydrogen (secondary N) is 1. The first-order chi connectivity index (χ1) is 6.68. The van der Waals surface area contributed by atoms with Crippen LogP contribution in [0.3, 0.4) is 0 Å². The maximum Gasteiger partial charge on any atom is 0.251 e. The Bertz CT molecular complexity index is 147. The van der Waals surface area contributed by atoms with Gasteiger partial charge in [-0.2, -0.15) is 0 Å². The summed E-state index contributed by atoms with van der Waals surface area (Å²) in [6.07, 6.45) is 2.44. The second-order valence-corrected chi connectivity index (χ2v) is 4.09. The number of rotatable bonds is 6. The Hall–Kier alpha value is -0.220. The molecule has 0 aromatic heterocycles. The minimum absolute atomic E-state index is 0.0991. The van der Waals surface area contributed by atoms with Gasteiger partial charge in [0.05, 0.1) is 6.54 Å². The number of halogens is 2. The van der Waals surface area contributed by atoms with Crippen LogP contribution < -0.4 is 5.32 Å². The molecule has 0 saturated carbocycles. The largest absolute Gasteiger partial charge is 0.314 e. The smallest absolute Gasteiger partial charge is 0.251 e. The van der Waals surface area contributed by atoms with Crippen LogP contribution >= 0.6 is 0 Å². The zero-order chi connectivity index (χ0) is 10.4. The minimum atomic E-state index is -2.20. The Morgan fingerprint density at radius 1 is 1.50 bits per heavy atom. The average molecular weight is 206 g/mol. The number of alkyl halides is 2.